The van der Waals surface area contributed by atoms with Gasteiger partial charge in [0, 0.05) is 6.42 Å². The number of aliphatic hydroxyl groups excluding tert-OH is 1. The van der Waals surface area contributed by atoms with Gasteiger partial charge in [-0.3, -0.25) is 0 Å². The third-order valence-corrected chi connectivity index (χ3v) is 3.60. The number of aliphatic hydroxyl groups is 1. The predicted octanol–water partition coefficient (Wildman–Crippen LogP) is 3.73. The second kappa shape index (κ2) is 6.06. The molecule has 0 heterocycles. The lowest BCUT2D eigenvalue weighted by atomic mass is 9.94. The maximum Gasteiger partial charge on any atom is 0.165 e. The molecular formula is C17H19FO2. The molecule has 1 unspecified atom stereocenters. The molecule has 0 spiro atoms. The first kappa shape index (κ1) is 14.5. The number of benzene rings is 2. The lowest BCUT2D eigenvalue weighted by Crippen LogP contribution is -2.05. The van der Waals surface area contributed by atoms with E-state index in [2.05, 4.69) is 0 Å². The predicted molar refractivity (Wildman–Crippen MR) is 77.5 cm³/mol. The molecule has 0 saturated carbocycles. The molecule has 0 saturated heterocycles. The third-order valence-electron chi connectivity index (χ3n) is 3.60. The molecule has 2 aromatic rings. The van der Waals surface area contributed by atoms with Crippen LogP contribution in [0, 0.1) is 19.7 Å². The Morgan fingerprint density at radius 1 is 1.15 bits per heavy atom. The Kier molecular flexibility index (Phi) is 4.40. The van der Waals surface area contributed by atoms with Gasteiger partial charge in [-0.05, 0) is 48.2 Å². The lowest BCUT2D eigenvalue weighted by Gasteiger charge is -2.15. The van der Waals surface area contributed by atoms with Crippen molar-refractivity contribution in [1.82, 2.24) is 0 Å². The highest BCUT2D eigenvalue weighted by molar-refractivity contribution is 5.36. The van der Waals surface area contributed by atoms with Crippen LogP contribution in [0.4, 0.5) is 4.39 Å². The molecule has 3 heteroatoms. The fourth-order valence-corrected chi connectivity index (χ4v) is 2.37. The highest BCUT2D eigenvalue weighted by Gasteiger charge is 2.14. The minimum atomic E-state index is -0.727. The van der Waals surface area contributed by atoms with E-state index in [-0.39, 0.29) is 5.75 Å². The molecule has 0 aliphatic rings. The van der Waals surface area contributed by atoms with Gasteiger partial charge >= 0.3 is 0 Å². The highest BCUT2D eigenvalue weighted by Crippen LogP contribution is 2.26. The van der Waals surface area contributed by atoms with E-state index >= 15 is 0 Å². The Morgan fingerprint density at radius 3 is 2.35 bits per heavy atom. The molecule has 2 rings (SSSR count). The normalized spacial score (nSPS) is 12.2. The average Bonchev–Trinajstić information content (AvgIpc) is 2.42. The summed E-state index contributed by atoms with van der Waals surface area (Å²) in [5.41, 5.74) is 3.94. The van der Waals surface area contributed by atoms with E-state index < -0.39 is 11.9 Å². The quantitative estimate of drug-likeness (QED) is 0.920. The first-order chi connectivity index (χ1) is 9.52. The van der Waals surface area contributed by atoms with Crippen LogP contribution in [0.5, 0.6) is 5.75 Å². The molecule has 2 nitrogen and oxygen atoms in total. The van der Waals surface area contributed by atoms with Crippen molar-refractivity contribution in [2.24, 2.45) is 0 Å². The van der Waals surface area contributed by atoms with Gasteiger partial charge in [-0.15, -0.1) is 0 Å². The van der Waals surface area contributed by atoms with Gasteiger partial charge in [0.05, 0.1) is 13.2 Å². The van der Waals surface area contributed by atoms with Crippen molar-refractivity contribution < 1.29 is 14.2 Å². The molecule has 20 heavy (non-hydrogen) atoms. The Labute approximate surface area is 118 Å². The summed E-state index contributed by atoms with van der Waals surface area (Å²) in [6.45, 7) is 4.04. The van der Waals surface area contributed by atoms with Crippen LogP contribution in [0.15, 0.2) is 36.4 Å². The fourth-order valence-electron chi connectivity index (χ4n) is 2.37. The van der Waals surface area contributed by atoms with Crippen molar-refractivity contribution in [2.45, 2.75) is 26.4 Å². The molecule has 2 aromatic carbocycles. The van der Waals surface area contributed by atoms with E-state index in [9.17, 15) is 9.50 Å². The largest absolute Gasteiger partial charge is 0.494 e. The van der Waals surface area contributed by atoms with Crippen LogP contribution >= 0.6 is 0 Å². The number of halogens is 1. The van der Waals surface area contributed by atoms with Gasteiger partial charge in [-0.1, -0.05) is 24.3 Å². The molecule has 0 radical (unpaired) electrons. The van der Waals surface area contributed by atoms with Gasteiger partial charge in [-0.25, -0.2) is 4.39 Å². The van der Waals surface area contributed by atoms with Crippen LogP contribution in [0.1, 0.15) is 28.4 Å². The number of hydrogen-bond acceptors (Lipinski definition) is 2. The summed E-state index contributed by atoms with van der Waals surface area (Å²) >= 11 is 0. The van der Waals surface area contributed by atoms with Crippen LogP contribution < -0.4 is 4.74 Å². The average molecular weight is 274 g/mol. The number of aryl methyl sites for hydroxylation is 2. The van der Waals surface area contributed by atoms with Crippen molar-refractivity contribution in [3.8, 4) is 5.75 Å². The fraction of sp³-hybridized carbons (Fsp3) is 0.294. The Bertz CT molecular complexity index is 588. The van der Waals surface area contributed by atoms with Crippen LogP contribution in [-0.4, -0.2) is 12.2 Å². The van der Waals surface area contributed by atoms with Gasteiger partial charge in [0.25, 0.3) is 0 Å². The Hall–Kier alpha value is -1.87. The van der Waals surface area contributed by atoms with Gasteiger partial charge in [0.1, 0.15) is 0 Å². The van der Waals surface area contributed by atoms with Crippen molar-refractivity contribution in [2.75, 3.05) is 7.11 Å². The van der Waals surface area contributed by atoms with Gasteiger partial charge < -0.3 is 9.84 Å². The highest BCUT2D eigenvalue weighted by atomic mass is 19.1. The summed E-state index contributed by atoms with van der Waals surface area (Å²) in [5, 5.41) is 10.3. The van der Waals surface area contributed by atoms with Crippen LogP contribution in [0.3, 0.4) is 0 Å². The number of rotatable bonds is 4. The van der Waals surface area contributed by atoms with E-state index in [1.807, 2.05) is 32.0 Å². The summed E-state index contributed by atoms with van der Waals surface area (Å²) in [5.74, 6) is -0.265. The number of hydrogen-bond donors (Lipinski definition) is 1. The summed E-state index contributed by atoms with van der Waals surface area (Å²) < 4.78 is 18.6. The second-order valence-corrected chi connectivity index (χ2v) is 4.98. The molecule has 0 fully saturated rings. The zero-order chi connectivity index (χ0) is 14.7. The third kappa shape index (κ3) is 2.99. The second-order valence-electron chi connectivity index (χ2n) is 4.98. The SMILES string of the molecule is COc1ccc(C(O)Cc2c(C)cccc2C)cc1F. The van der Waals surface area contributed by atoms with Crippen LogP contribution in [0.25, 0.3) is 0 Å². The van der Waals surface area contributed by atoms with Crippen LogP contribution in [0.2, 0.25) is 0 Å². The minimum absolute atomic E-state index is 0.188. The topological polar surface area (TPSA) is 29.5 Å². The molecule has 1 N–H and O–H groups in total. The number of ether oxygens (including phenoxy) is 1. The van der Waals surface area contributed by atoms with E-state index in [1.54, 1.807) is 12.1 Å². The zero-order valence-corrected chi connectivity index (χ0v) is 12.0. The molecule has 106 valence electrons. The maximum atomic E-state index is 13.7. The standard InChI is InChI=1S/C17H19FO2/c1-11-5-4-6-12(2)14(11)10-16(19)13-7-8-17(20-3)15(18)9-13/h4-9,16,19H,10H2,1-3H3. The van der Waals surface area contributed by atoms with Crippen molar-refractivity contribution in [3.05, 3.63) is 64.5 Å². The van der Waals surface area contributed by atoms with Gasteiger partial charge in [0.15, 0.2) is 11.6 Å². The van der Waals surface area contributed by atoms with Crippen molar-refractivity contribution >= 4 is 0 Å². The summed E-state index contributed by atoms with van der Waals surface area (Å²) in [7, 11) is 1.42. The zero-order valence-electron chi connectivity index (χ0n) is 12.0. The van der Waals surface area contributed by atoms with Gasteiger partial charge in [0.2, 0.25) is 0 Å². The van der Waals surface area contributed by atoms with Crippen molar-refractivity contribution in [1.29, 1.82) is 0 Å². The summed E-state index contributed by atoms with van der Waals surface area (Å²) in [6, 6.07) is 10.6. The molecule has 0 bridgehead atoms. The molecule has 0 aliphatic heterocycles. The van der Waals surface area contributed by atoms with Crippen molar-refractivity contribution in [3.63, 3.8) is 0 Å². The molecule has 0 aliphatic carbocycles. The molecule has 0 aromatic heterocycles. The molecular weight excluding hydrogens is 255 g/mol. The molecule has 0 amide bonds. The van der Waals surface area contributed by atoms with Crippen LogP contribution in [-0.2, 0) is 6.42 Å². The van der Waals surface area contributed by atoms with E-state index in [0.29, 0.717) is 12.0 Å². The monoisotopic (exact) mass is 274 g/mol. The van der Waals surface area contributed by atoms with E-state index in [0.717, 1.165) is 16.7 Å². The molecule has 1 atom stereocenters. The Balaban J connectivity index is 2.24. The summed E-state index contributed by atoms with van der Waals surface area (Å²) in [4.78, 5) is 0. The van der Waals surface area contributed by atoms with E-state index in [4.69, 9.17) is 4.74 Å². The first-order valence-electron chi connectivity index (χ1n) is 6.59. The summed E-state index contributed by atoms with van der Waals surface area (Å²) in [6.07, 6.45) is -0.250. The number of methoxy groups -OCH3 is 1. The van der Waals surface area contributed by atoms with Gasteiger partial charge in [-0.2, -0.15) is 0 Å². The minimum Gasteiger partial charge on any atom is -0.494 e. The maximum absolute atomic E-state index is 13.7. The van der Waals surface area contributed by atoms with E-state index in [1.165, 1.54) is 13.2 Å². The smallest absolute Gasteiger partial charge is 0.165 e. The lowest BCUT2D eigenvalue weighted by molar-refractivity contribution is 0.177. The first-order valence-corrected chi connectivity index (χ1v) is 6.59. The Morgan fingerprint density at radius 2 is 1.80 bits per heavy atom.